The van der Waals surface area contributed by atoms with E-state index in [-0.39, 0.29) is 17.7 Å². The van der Waals surface area contributed by atoms with Gasteiger partial charge >= 0.3 is 0 Å². The molecule has 1 aliphatic carbocycles. The molecule has 2 aromatic rings. The molecule has 9 heteroatoms. The zero-order chi connectivity index (χ0) is 20.3. The molecule has 1 aromatic heterocycles. The van der Waals surface area contributed by atoms with Crippen molar-refractivity contribution in [3.8, 4) is 11.4 Å². The first-order valence-corrected chi connectivity index (χ1v) is 11.6. The van der Waals surface area contributed by atoms with Crippen LogP contribution in [-0.4, -0.2) is 55.6 Å². The number of ether oxygens (including phenoxy) is 3. The van der Waals surface area contributed by atoms with Crippen LogP contribution in [0.15, 0.2) is 42.7 Å². The van der Waals surface area contributed by atoms with Gasteiger partial charge in [-0.25, -0.2) is 17.8 Å². The zero-order valence-corrected chi connectivity index (χ0v) is 17.3. The number of aromatic nitrogens is 2. The Balaban J connectivity index is 1.43. The number of hydrogen-bond acceptors (Lipinski definition) is 6. The molecule has 2 atom stereocenters. The van der Waals surface area contributed by atoms with Crippen LogP contribution in [0, 0.1) is 5.92 Å². The smallest absolute Gasteiger partial charge is 0.211 e. The van der Waals surface area contributed by atoms with Crippen LogP contribution in [0.3, 0.4) is 0 Å². The Morgan fingerprint density at radius 1 is 1.28 bits per heavy atom. The fourth-order valence-corrected chi connectivity index (χ4v) is 4.92. The molecule has 0 bridgehead atoms. The first-order chi connectivity index (χ1) is 14.0. The predicted octanol–water partition coefficient (Wildman–Crippen LogP) is 2.10. The van der Waals surface area contributed by atoms with Crippen molar-refractivity contribution in [1.82, 2.24) is 14.5 Å². The molecule has 1 aromatic carbocycles. The number of sulfonamides is 1. The van der Waals surface area contributed by atoms with Crippen LogP contribution >= 0.6 is 0 Å². The Labute approximate surface area is 171 Å². The van der Waals surface area contributed by atoms with Crippen LogP contribution in [0.2, 0.25) is 0 Å². The molecule has 2 fully saturated rings. The van der Waals surface area contributed by atoms with Gasteiger partial charge in [-0.3, -0.25) is 0 Å². The molecule has 1 aliphatic heterocycles. The highest BCUT2D eigenvalue weighted by Gasteiger charge is 2.46. The summed E-state index contributed by atoms with van der Waals surface area (Å²) in [4.78, 5) is 0. The topological polar surface area (TPSA) is 91.7 Å². The molecule has 2 heterocycles. The molecule has 158 valence electrons. The lowest BCUT2D eigenvalue weighted by Crippen LogP contribution is -2.51. The zero-order valence-electron chi connectivity index (χ0n) is 16.5. The Bertz CT molecular complexity index is 893. The van der Waals surface area contributed by atoms with E-state index in [0.29, 0.717) is 39.1 Å². The van der Waals surface area contributed by atoms with Gasteiger partial charge < -0.3 is 14.2 Å². The van der Waals surface area contributed by atoms with Gasteiger partial charge in [0.05, 0.1) is 31.3 Å². The highest BCUT2D eigenvalue weighted by Crippen LogP contribution is 2.39. The van der Waals surface area contributed by atoms with Gasteiger partial charge in [0, 0.05) is 37.2 Å². The van der Waals surface area contributed by atoms with Crippen LogP contribution in [-0.2, 0) is 19.5 Å². The minimum absolute atomic E-state index is 0.0473. The highest BCUT2D eigenvalue weighted by atomic mass is 32.2. The third-order valence-electron chi connectivity index (χ3n) is 5.57. The monoisotopic (exact) mass is 421 g/mol. The van der Waals surface area contributed by atoms with Crippen LogP contribution in [0.1, 0.15) is 26.2 Å². The minimum Gasteiger partial charge on any atom is -0.493 e. The van der Waals surface area contributed by atoms with E-state index in [4.69, 9.17) is 14.2 Å². The molecule has 1 spiro atoms. The lowest BCUT2D eigenvalue weighted by Gasteiger charge is -2.41. The summed E-state index contributed by atoms with van der Waals surface area (Å²) in [6.45, 7) is 3.18. The second kappa shape index (κ2) is 8.43. The molecule has 0 amide bonds. The van der Waals surface area contributed by atoms with Gasteiger partial charge in [-0.2, -0.15) is 5.10 Å². The molecule has 0 radical (unpaired) electrons. The molecule has 1 saturated carbocycles. The summed E-state index contributed by atoms with van der Waals surface area (Å²) < 4.78 is 46.6. The van der Waals surface area contributed by atoms with Crippen molar-refractivity contribution in [3.05, 3.63) is 42.7 Å². The summed E-state index contributed by atoms with van der Waals surface area (Å²) in [7, 11) is -3.30. The van der Waals surface area contributed by atoms with Crippen molar-refractivity contribution < 1.29 is 22.6 Å². The van der Waals surface area contributed by atoms with Crippen molar-refractivity contribution >= 4 is 10.0 Å². The third kappa shape index (κ3) is 4.80. The lowest BCUT2D eigenvalue weighted by atomic mass is 9.81. The van der Waals surface area contributed by atoms with E-state index < -0.39 is 15.8 Å². The minimum atomic E-state index is -3.30. The maximum Gasteiger partial charge on any atom is 0.211 e. The molecule has 0 unspecified atom stereocenters. The Kier molecular flexibility index (Phi) is 5.91. The molecule has 4 rings (SSSR count). The first kappa shape index (κ1) is 20.3. The van der Waals surface area contributed by atoms with E-state index in [1.807, 2.05) is 36.5 Å². The molecule has 1 N–H and O–H groups in total. The Morgan fingerprint density at radius 3 is 2.69 bits per heavy atom. The molecule has 2 aliphatic rings. The predicted molar refractivity (Wildman–Crippen MR) is 107 cm³/mol. The normalized spacial score (nSPS) is 24.0. The summed E-state index contributed by atoms with van der Waals surface area (Å²) in [5.74, 6) is 0.135. The van der Waals surface area contributed by atoms with Crippen molar-refractivity contribution in [2.75, 3.05) is 25.6 Å². The van der Waals surface area contributed by atoms with Gasteiger partial charge in [-0.1, -0.05) is 0 Å². The van der Waals surface area contributed by atoms with E-state index in [1.165, 1.54) is 0 Å². The fraction of sp³-hybridized carbons (Fsp3) is 0.550. The quantitative estimate of drug-likeness (QED) is 0.736. The maximum absolute atomic E-state index is 12.1. The van der Waals surface area contributed by atoms with E-state index in [1.54, 1.807) is 17.8 Å². The standard InChI is InChI=1S/C20H27N3O5S/c1-2-29(24,25)22-19-8-9-20(27-12-13-28-20)14-16(19)15-26-18-6-4-17(5-7-18)23-11-3-10-21-23/h3-7,10-11,16,19,22H,2,8-9,12-15H2,1H3/t16-,19+/m0/s1. The van der Waals surface area contributed by atoms with Crippen molar-refractivity contribution in [1.29, 1.82) is 0 Å². The van der Waals surface area contributed by atoms with E-state index in [0.717, 1.165) is 11.4 Å². The van der Waals surface area contributed by atoms with Gasteiger partial charge in [0.15, 0.2) is 5.79 Å². The average Bonchev–Trinajstić information content (AvgIpc) is 3.41. The van der Waals surface area contributed by atoms with Crippen molar-refractivity contribution in [2.24, 2.45) is 5.92 Å². The van der Waals surface area contributed by atoms with Crippen LogP contribution < -0.4 is 9.46 Å². The van der Waals surface area contributed by atoms with Gasteiger partial charge in [-0.05, 0) is 43.7 Å². The maximum atomic E-state index is 12.1. The van der Waals surface area contributed by atoms with E-state index in [9.17, 15) is 8.42 Å². The summed E-state index contributed by atoms with van der Waals surface area (Å²) in [5.41, 5.74) is 0.945. The molecule has 8 nitrogen and oxygen atoms in total. The van der Waals surface area contributed by atoms with Gasteiger partial charge in [0.1, 0.15) is 5.75 Å². The fourth-order valence-electron chi connectivity index (χ4n) is 3.98. The summed E-state index contributed by atoms with van der Waals surface area (Å²) in [5, 5.41) is 4.21. The summed E-state index contributed by atoms with van der Waals surface area (Å²) >= 11 is 0. The number of nitrogens with one attached hydrogen (secondary N) is 1. The number of hydrogen-bond donors (Lipinski definition) is 1. The molecule has 1 saturated heterocycles. The number of rotatable bonds is 7. The van der Waals surface area contributed by atoms with Gasteiger partial charge in [0.2, 0.25) is 10.0 Å². The second-order valence-corrected chi connectivity index (χ2v) is 9.54. The van der Waals surface area contributed by atoms with Crippen LogP contribution in [0.4, 0.5) is 0 Å². The average molecular weight is 422 g/mol. The first-order valence-electron chi connectivity index (χ1n) is 9.99. The van der Waals surface area contributed by atoms with Crippen LogP contribution in [0.25, 0.3) is 5.69 Å². The molecular formula is C20H27N3O5S. The highest BCUT2D eigenvalue weighted by molar-refractivity contribution is 7.89. The number of benzene rings is 1. The molecular weight excluding hydrogens is 394 g/mol. The van der Waals surface area contributed by atoms with Gasteiger partial charge in [0.25, 0.3) is 0 Å². The SMILES string of the molecule is CCS(=O)(=O)N[C@@H]1CCC2(C[C@H]1COc1ccc(-n3cccn3)cc1)OCCO2. The van der Waals surface area contributed by atoms with Crippen molar-refractivity contribution in [2.45, 2.75) is 38.0 Å². The van der Waals surface area contributed by atoms with E-state index in [2.05, 4.69) is 9.82 Å². The van der Waals surface area contributed by atoms with Crippen molar-refractivity contribution in [3.63, 3.8) is 0 Å². The molecule has 29 heavy (non-hydrogen) atoms. The lowest BCUT2D eigenvalue weighted by molar-refractivity contribution is -0.192. The second-order valence-electron chi connectivity index (χ2n) is 7.49. The third-order valence-corrected chi connectivity index (χ3v) is 6.99. The Hall–Kier alpha value is -1.94. The summed E-state index contributed by atoms with van der Waals surface area (Å²) in [6.07, 6.45) is 5.55. The Morgan fingerprint density at radius 2 is 2.03 bits per heavy atom. The number of nitrogens with zero attached hydrogens (tertiary/aromatic N) is 2. The van der Waals surface area contributed by atoms with E-state index >= 15 is 0 Å². The van der Waals surface area contributed by atoms with Crippen LogP contribution in [0.5, 0.6) is 5.75 Å². The largest absolute Gasteiger partial charge is 0.493 e. The van der Waals surface area contributed by atoms with Gasteiger partial charge in [-0.15, -0.1) is 0 Å². The summed E-state index contributed by atoms with van der Waals surface area (Å²) in [6, 6.07) is 9.33.